The van der Waals surface area contributed by atoms with Crippen LogP contribution in [0.15, 0.2) is 73.1 Å². The number of nitrogens with zero attached hydrogens (tertiary/aromatic N) is 4. The molecule has 33 heavy (non-hydrogen) atoms. The van der Waals surface area contributed by atoms with Crippen LogP contribution in [0.25, 0.3) is 44.7 Å². The van der Waals surface area contributed by atoms with E-state index in [0.717, 1.165) is 63.5 Å². The van der Waals surface area contributed by atoms with Crippen LogP contribution in [-0.2, 0) is 13.1 Å². The fourth-order valence-corrected chi connectivity index (χ4v) is 4.25. The minimum absolute atomic E-state index is 0.728. The van der Waals surface area contributed by atoms with Gasteiger partial charge in [-0.25, -0.2) is 4.98 Å². The van der Waals surface area contributed by atoms with E-state index in [0.29, 0.717) is 0 Å². The highest BCUT2D eigenvalue weighted by molar-refractivity contribution is 5.99. The fourth-order valence-electron chi connectivity index (χ4n) is 4.25. The first-order valence-corrected chi connectivity index (χ1v) is 11.2. The first-order valence-electron chi connectivity index (χ1n) is 11.2. The molecule has 0 saturated carbocycles. The third kappa shape index (κ3) is 4.13. The number of hydrogen-bond acceptors (Lipinski definition) is 4. The van der Waals surface area contributed by atoms with Gasteiger partial charge in [0, 0.05) is 53.4 Å². The van der Waals surface area contributed by atoms with Gasteiger partial charge in [-0.05, 0) is 62.0 Å². The highest BCUT2D eigenvalue weighted by atomic mass is 15.3. The number of nitrogens with one attached hydrogen (secondary N) is 1. The first kappa shape index (κ1) is 21.0. The summed E-state index contributed by atoms with van der Waals surface area (Å²) in [6.45, 7) is 3.81. The Bertz CT molecular complexity index is 1410. The Morgan fingerprint density at radius 2 is 1.79 bits per heavy atom. The SMILES string of the molecule is CCn1cc(-c2ccnc3[nH]c(-c4ccc(CN(C)C)cc4)cc23)c(-c2cccc(N)c2)n1. The lowest BCUT2D eigenvalue weighted by Gasteiger charge is -2.09. The third-order valence-electron chi connectivity index (χ3n) is 5.83. The Balaban J connectivity index is 1.61. The lowest BCUT2D eigenvalue weighted by atomic mass is 9.99. The van der Waals surface area contributed by atoms with Crippen molar-refractivity contribution in [1.82, 2.24) is 24.6 Å². The number of nitrogen functional groups attached to an aromatic ring is 1. The second-order valence-corrected chi connectivity index (χ2v) is 8.61. The van der Waals surface area contributed by atoms with E-state index >= 15 is 0 Å². The van der Waals surface area contributed by atoms with Crippen molar-refractivity contribution in [3.63, 3.8) is 0 Å². The minimum atomic E-state index is 0.728. The zero-order valence-corrected chi connectivity index (χ0v) is 19.2. The van der Waals surface area contributed by atoms with Crippen LogP contribution >= 0.6 is 0 Å². The standard InChI is InChI=1S/C27H28N6/c1-4-33-17-24(26(31-33)20-6-5-7-21(28)14-20)22-12-13-29-27-23(22)15-25(30-27)19-10-8-18(9-11-19)16-32(2)3/h5-15,17H,4,16,28H2,1-3H3,(H,29,30). The largest absolute Gasteiger partial charge is 0.399 e. The van der Waals surface area contributed by atoms with Crippen molar-refractivity contribution in [3.05, 3.63) is 78.6 Å². The molecule has 166 valence electrons. The van der Waals surface area contributed by atoms with Crippen molar-refractivity contribution in [2.75, 3.05) is 19.8 Å². The summed E-state index contributed by atoms with van der Waals surface area (Å²) in [4.78, 5) is 10.3. The molecule has 3 aromatic heterocycles. The monoisotopic (exact) mass is 436 g/mol. The van der Waals surface area contributed by atoms with E-state index in [1.165, 1.54) is 5.56 Å². The summed E-state index contributed by atoms with van der Waals surface area (Å²) in [6.07, 6.45) is 3.96. The topological polar surface area (TPSA) is 75.8 Å². The number of rotatable bonds is 6. The number of aromatic amines is 1. The van der Waals surface area contributed by atoms with E-state index in [-0.39, 0.29) is 0 Å². The van der Waals surface area contributed by atoms with Crippen molar-refractivity contribution in [2.24, 2.45) is 0 Å². The highest BCUT2D eigenvalue weighted by Crippen LogP contribution is 2.37. The highest BCUT2D eigenvalue weighted by Gasteiger charge is 2.17. The van der Waals surface area contributed by atoms with Crippen molar-refractivity contribution >= 4 is 16.7 Å². The molecule has 0 bridgehead atoms. The molecular formula is C27H28N6. The summed E-state index contributed by atoms with van der Waals surface area (Å²) in [5, 5.41) is 5.92. The number of H-pyrrole nitrogens is 1. The van der Waals surface area contributed by atoms with Crippen molar-refractivity contribution in [1.29, 1.82) is 0 Å². The smallest absolute Gasteiger partial charge is 0.138 e. The molecule has 2 aromatic carbocycles. The molecule has 5 aromatic rings. The van der Waals surface area contributed by atoms with Gasteiger partial charge in [-0.15, -0.1) is 0 Å². The van der Waals surface area contributed by atoms with Crippen LogP contribution in [0.1, 0.15) is 12.5 Å². The van der Waals surface area contributed by atoms with E-state index in [1.807, 2.05) is 29.1 Å². The Morgan fingerprint density at radius 3 is 2.52 bits per heavy atom. The second kappa shape index (κ2) is 8.56. The van der Waals surface area contributed by atoms with Gasteiger partial charge in [-0.3, -0.25) is 4.68 Å². The van der Waals surface area contributed by atoms with E-state index < -0.39 is 0 Å². The number of anilines is 1. The van der Waals surface area contributed by atoms with Gasteiger partial charge in [0.15, 0.2) is 0 Å². The molecule has 3 heterocycles. The molecule has 0 amide bonds. The lowest BCUT2D eigenvalue weighted by Crippen LogP contribution is -2.10. The predicted molar refractivity (Wildman–Crippen MR) is 136 cm³/mol. The molecule has 0 saturated heterocycles. The van der Waals surface area contributed by atoms with E-state index in [1.54, 1.807) is 0 Å². The number of nitrogens with two attached hydrogens (primary N) is 1. The molecule has 0 atom stereocenters. The average Bonchev–Trinajstić information content (AvgIpc) is 3.43. The van der Waals surface area contributed by atoms with Gasteiger partial charge >= 0.3 is 0 Å². The molecule has 0 unspecified atom stereocenters. The number of benzene rings is 2. The number of aromatic nitrogens is 4. The Hall–Kier alpha value is -3.90. The summed E-state index contributed by atoms with van der Waals surface area (Å²) in [5.41, 5.74) is 15.2. The average molecular weight is 437 g/mol. The number of hydrogen-bond donors (Lipinski definition) is 2. The first-order chi connectivity index (χ1) is 16.0. The molecule has 0 radical (unpaired) electrons. The number of aryl methyl sites for hydroxylation is 1. The third-order valence-corrected chi connectivity index (χ3v) is 5.83. The molecule has 5 rings (SSSR count). The zero-order chi connectivity index (χ0) is 22.9. The Kier molecular flexibility index (Phi) is 5.44. The van der Waals surface area contributed by atoms with Gasteiger partial charge < -0.3 is 15.6 Å². The second-order valence-electron chi connectivity index (χ2n) is 8.61. The van der Waals surface area contributed by atoms with E-state index in [2.05, 4.69) is 84.5 Å². The molecule has 0 fully saturated rings. The molecule has 0 aliphatic heterocycles. The van der Waals surface area contributed by atoms with Gasteiger partial charge in [-0.1, -0.05) is 36.4 Å². The van der Waals surface area contributed by atoms with Crippen molar-refractivity contribution < 1.29 is 0 Å². The lowest BCUT2D eigenvalue weighted by molar-refractivity contribution is 0.402. The maximum absolute atomic E-state index is 6.07. The zero-order valence-electron chi connectivity index (χ0n) is 19.2. The van der Waals surface area contributed by atoms with E-state index in [4.69, 9.17) is 10.8 Å². The fraction of sp³-hybridized carbons (Fsp3) is 0.185. The molecule has 3 N–H and O–H groups in total. The van der Waals surface area contributed by atoms with Crippen molar-refractivity contribution in [3.8, 4) is 33.6 Å². The Morgan fingerprint density at radius 1 is 0.970 bits per heavy atom. The van der Waals surface area contributed by atoms with Gasteiger partial charge in [0.1, 0.15) is 11.3 Å². The Labute approximate surface area is 193 Å². The minimum Gasteiger partial charge on any atom is -0.399 e. The summed E-state index contributed by atoms with van der Waals surface area (Å²) < 4.78 is 1.97. The van der Waals surface area contributed by atoms with Crippen LogP contribution in [0.5, 0.6) is 0 Å². The maximum Gasteiger partial charge on any atom is 0.138 e. The number of pyridine rings is 1. The maximum atomic E-state index is 6.07. The normalized spacial score (nSPS) is 11.5. The van der Waals surface area contributed by atoms with Crippen LogP contribution in [0, 0.1) is 0 Å². The molecule has 0 aliphatic carbocycles. The van der Waals surface area contributed by atoms with Gasteiger partial charge in [-0.2, -0.15) is 5.10 Å². The quantitative estimate of drug-likeness (QED) is 0.348. The predicted octanol–water partition coefficient (Wildman–Crippen LogP) is 5.42. The van der Waals surface area contributed by atoms with Gasteiger partial charge in [0.25, 0.3) is 0 Å². The summed E-state index contributed by atoms with van der Waals surface area (Å²) in [7, 11) is 4.16. The van der Waals surface area contributed by atoms with Crippen LogP contribution in [0.4, 0.5) is 5.69 Å². The molecule has 0 spiro atoms. The summed E-state index contributed by atoms with van der Waals surface area (Å²) >= 11 is 0. The van der Waals surface area contributed by atoms with E-state index in [9.17, 15) is 0 Å². The number of fused-ring (bicyclic) bond motifs is 1. The van der Waals surface area contributed by atoms with Crippen molar-refractivity contribution in [2.45, 2.75) is 20.0 Å². The molecule has 6 nitrogen and oxygen atoms in total. The molecule has 0 aliphatic rings. The van der Waals surface area contributed by atoms with Gasteiger partial charge in [0.2, 0.25) is 0 Å². The van der Waals surface area contributed by atoms with Gasteiger partial charge in [0.05, 0.1) is 0 Å². The van der Waals surface area contributed by atoms with Crippen LogP contribution in [0.2, 0.25) is 0 Å². The van der Waals surface area contributed by atoms with Crippen LogP contribution in [-0.4, -0.2) is 38.7 Å². The van der Waals surface area contributed by atoms with Crippen LogP contribution < -0.4 is 5.73 Å². The summed E-state index contributed by atoms with van der Waals surface area (Å²) in [6, 6.07) is 20.8. The molecular weight excluding hydrogens is 408 g/mol. The summed E-state index contributed by atoms with van der Waals surface area (Å²) in [5.74, 6) is 0. The van der Waals surface area contributed by atoms with Crippen LogP contribution in [0.3, 0.4) is 0 Å². The molecule has 6 heteroatoms.